The van der Waals surface area contributed by atoms with Gasteiger partial charge in [0.05, 0.1) is 17.4 Å². The van der Waals surface area contributed by atoms with Crippen molar-refractivity contribution >= 4 is 35.1 Å². The van der Waals surface area contributed by atoms with E-state index in [0.717, 1.165) is 30.7 Å². The number of aliphatic carboxylic acids is 1. The first-order valence-corrected chi connectivity index (χ1v) is 8.94. The number of aliphatic hydroxyl groups is 1. The molecule has 1 aliphatic rings. The minimum atomic E-state index is -0.916. The van der Waals surface area contributed by atoms with E-state index in [2.05, 4.69) is 0 Å². The average Bonchev–Trinajstić information content (AvgIpc) is 2.48. The number of carboxylic acids is 1. The van der Waals surface area contributed by atoms with Gasteiger partial charge in [-0.3, -0.25) is 14.6 Å². The van der Waals surface area contributed by atoms with E-state index < -0.39 is 23.4 Å². The second kappa shape index (κ2) is 10.3. The molecule has 0 saturated heterocycles. The van der Waals surface area contributed by atoms with Crippen LogP contribution in [0.15, 0.2) is 0 Å². The molecule has 8 heteroatoms. The predicted octanol–water partition coefficient (Wildman–Crippen LogP) is 2.10. The number of carbonyl (C=O) groups is 2. The number of hydrogen-bond donors (Lipinski definition) is 3. The van der Waals surface area contributed by atoms with Crippen LogP contribution in [-0.4, -0.2) is 50.5 Å². The topological polar surface area (TPSA) is 104 Å². The zero-order chi connectivity index (χ0) is 17.4. The second-order valence-corrected chi connectivity index (χ2v) is 7.30. The summed E-state index contributed by atoms with van der Waals surface area (Å²) in [5.41, 5.74) is 0. The number of carboxylic acid groups (broad SMARTS) is 1. The van der Waals surface area contributed by atoms with Crippen molar-refractivity contribution < 1.29 is 19.8 Å². The van der Waals surface area contributed by atoms with Crippen molar-refractivity contribution in [2.75, 3.05) is 6.54 Å². The molecule has 0 bridgehead atoms. The van der Waals surface area contributed by atoms with Gasteiger partial charge in [0.25, 0.3) is 0 Å². The molecule has 0 aromatic rings. The van der Waals surface area contributed by atoms with E-state index >= 15 is 0 Å². The van der Waals surface area contributed by atoms with Crippen LogP contribution in [-0.2, 0) is 9.59 Å². The highest BCUT2D eigenvalue weighted by molar-refractivity contribution is 6.24. The van der Waals surface area contributed by atoms with Crippen molar-refractivity contribution in [1.82, 2.24) is 5.01 Å². The molecule has 6 nitrogen and oxygen atoms in total. The van der Waals surface area contributed by atoms with Crippen molar-refractivity contribution in [3.8, 4) is 0 Å². The lowest BCUT2D eigenvalue weighted by molar-refractivity contribution is -0.141. The maximum atomic E-state index is 12.3. The fraction of sp³-hybridized carbons (Fsp3) is 0.867. The first kappa shape index (κ1) is 20.5. The minimum absolute atomic E-state index is 0.195. The van der Waals surface area contributed by atoms with Crippen LogP contribution in [0.25, 0.3) is 0 Å². The molecular weight excluding hydrogens is 343 g/mol. The van der Waals surface area contributed by atoms with Gasteiger partial charge in [-0.1, -0.05) is 19.3 Å². The van der Waals surface area contributed by atoms with Crippen LogP contribution in [0.3, 0.4) is 0 Å². The fourth-order valence-electron chi connectivity index (χ4n) is 2.81. The molecule has 0 aromatic heterocycles. The van der Waals surface area contributed by atoms with Crippen molar-refractivity contribution in [3.63, 3.8) is 0 Å². The third kappa shape index (κ3) is 7.25. The molecule has 4 unspecified atom stereocenters. The Bertz CT molecular complexity index is 398. The van der Waals surface area contributed by atoms with Gasteiger partial charge < -0.3 is 10.2 Å². The number of rotatable bonds is 9. The Morgan fingerprint density at radius 3 is 2.35 bits per heavy atom. The smallest absolute Gasteiger partial charge is 0.303 e. The van der Waals surface area contributed by atoms with Crippen molar-refractivity contribution in [3.05, 3.63) is 0 Å². The van der Waals surface area contributed by atoms with Gasteiger partial charge in [0, 0.05) is 18.3 Å². The van der Waals surface area contributed by atoms with E-state index in [9.17, 15) is 14.7 Å². The molecule has 0 heterocycles. The van der Waals surface area contributed by atoms with Crippen LogP contribution in [0.5, 0.6) is 0 Å². The second-order valence-electron chi connectivity index (χ2n) is 6.12. The molecule has 4 atom stereocenters. The third-order valence-electron chi connectivity index (χ3n) is 4.16. The van der Waals surface area contributed by atoms with Crippen LogP contribution in [0.1, 0.15) is 51.4 Å². The number of unbranched alkanes of at least 4 members (excludes halogenated alkanes) is 4. The molecule has 1 fully saturated rings. The summed E-state index contributed by atoms with van der Waals surface area (Å²) in [5, 5.41) is 19.0. The molecule has 0 radical (unpaired) electrons. The monoisotopic (exact) mass is 368 g/mol. The predicted molar refractivity (Wildman–Crippen MR) is 89.3 cm³/mol. The van der Waals surface area contributed by atoms with Gasteiger partial charge in [-0.2, -0.15) is 0 Å². The number of nitrogens with two attached hydrogens (primary N) is 1. The molecule has 1 amide bonds. The summed E-state index contributed by atoms with van der Waals surface area (Å²) in [5.74, 6) is 4.05. The van der Waals surface area contributed by atoms with Gasteiger partial charge in [0.1, 0.15) is 0 Å². The third-order valence-corrected chi connectivity index (χ3v) is 4.96. The first-order chi connectivity index (χ1) is 10.8. The number of amides is 1. The van der Waals surface area contributed by atoms with Gasteiger partial charge in [-0.05, 0) is 25.7 Å². The summed E-state index contributed by atoms with van der Waals surface area (Å²) >= 11 is 12.1. The van der Waals surface area contributed by atoms with E-state index in [1.165, 1.54) is 0 Å². The molecule has 0 aliphatic heterocycles. The molecular formula is C15H26Cl2N2O4. The Hall–Kier alpha value is -0.560. The molecule has 1 rings (SSSR count). The molecule has 0 spiro atoms. The standard InChI is InChI=1S/C15H26Cl2N2O4/c16-10-8-11(14(22)12(17)9-10)15(23)19(18)7-5-3-1-2-4-6-13(20)21/h10-12,14,22H,1-9,18H2,(H,20,21). The van der Waals surface area contributed by atoms with Crippen molar-refractivity contribution in [2.45, 2.75) is 68.2 Å². The lowest BCUT2D eigenvalue weighted by Gasteiger charge is -2.35. The van der Waals surface area contributed by atoms with E-state index in [4.69, 9.17) is 34.2 Å². The largest absolute Gasteiger partial charge is 0.481 e. The SMILES string of the molecule is NN(CCCCCCCC(=O)O)C(=O)C1CC(Cl)CC(Cl)C1O. The summed E-state index contributed by atoms with van der Waals surface area (Å²) in [6.07, 6.45) is 4.20. The zero-order valence-electron chi connectivity index (χ0n) is 13.2. The summed E-state index contributed by atoms with van der Waals surface area (Å²) < 4.78 is 0. The zero-order valence-corrected chi connectivity index (χ0v) is 14.7. The highest BCUT2D eigenvalue weighted by Gasteiger charge is 2.40. The van der Waals surface area contributed by atoms with Crippen molar-refractivity contribution in [2.24, 2.45) is 11.8 Å². The Morgan fingerprint density at radius 2 is 1.70 bits per heavy atom. The number of hydrogen-bond acceptors (Lipinski definition) is 4. The number of hydrazine groups is 1. The average molecular weight is 369 g/mol. The van der Waals surface area contributed by atoms with E-state index in [1.54, 1.807) is 0 Å². The number of aliphatic hydroxyl groups excluding tert-OH is 1. The van der Waals surface area contributed by atoms with Crippen LogP contribution in [0, 0.1) is 5.92 Å². The van der Waals surface area contributed by atoms with E-state index in [0.29, 0.717) is 25.8 Å². The van der Waals surface area contributed by atoms with Crippen LogP contribution < -0.4 is 5.84 Å². The molecule has 1 aliphatic carbocycles. The van der Waals surface area contributed by atoms with Gasteiger partial charge in [0.15, 0.2) is 0 Å². The van der Waals surface area contributed by atoms with Gasteiger partial charge in [-0.25, -0.2) is 5.84 Å². The number of nitrogens with zero attached hydrogens (tertiary/aromatic N) is 1. The Balaban J connectivity index is 2.24. The highest BCUT2D eigenvalue weighted by atomic mass is 35.5. The Kier molecular flexibility index (Phi) is 9.20. The number of alkyl halides is 2. The van der Waals surface area contributed by atoms with Crippen LogP contribution in [0.4, 0.5) is 0 Å². The number of halogens is 2. The lowest BCUT2D eigenvalue weighted by atomic mass is 9.85. The fourth-order valence-corrected chi connectivity index (χ4v) is 3.67. The van der Waals surface area contributed by atoms with Gasteiger partial charge in [-0.15, -0.1) is 23.2 Å². The molecule has 1 saturated carbocycles. The Labute approximate surface area is 146 Å². The summed E-state index contributed by atoms with van der Waals surface area (Å²) in [7, 11) is 0. The highest BCUT2D eigenvalue weighted by Crippen LogP contribution is 2.32. The molecule has 134 valence electrons. The quantitative estimate of drug-likeness (QED) is 0.190. The Morgan fingerprint density at radius 1 is 1.09 bits per heavy atom. The lowest BCUT2D eigenvalue weighted by Crippen LogP contribution is -2.50. The van der Waals surface area contributed by atoms with Crippen LogP contribution >= 0.6 is 23.2 Å². The van der Waals surface area contributed by atoms with Crippen LogP contribution in [0.2, 0.25) is 0 Å². The molecule has 4 N–H and O–H groups in total. The summed E-state index contributed by atoms with van der Waals surface area (Å²) in [6.45, 7) is 0.404. The van der Waals surface area contributed by atoms with Gasteiger partial charge in [0.2, 0.25) is 5.91 Å². The maximum absolute atomic E-state index is 12.3. The molecule has 23 heavy (non-hydrogen) atoms. The van der Waals surface area contributed by atoms with E-state index in [1.807, 2.05) is 0 Å². The molecule has 0 aromatic carbocycles. The number of carbonyl (C=O) groups excluding carboxylic acids is 1. The maximum Gasteiger partial charge on any atom is 0.303 e. The van der Waals surface area contributed by atoms with E-state index in [-0.39, 0.29) is 17.7 Å². The van der Waals surface area contributed by atoms with Crippen molar-refractivity contribution in [1.29, 1.82) is 0 Å². The summed E-state index contributed by atoms with van der Waals surface area (Å²) in [6, 6.07) is 0. The van der Waals surface area contributed by atoms with Gasteiger partial charge >= 0.3 is 5.97 Å². The first-order valence-electron chi connectivity index (χ1n) is 8.07. The summed E-state index contributed by atoms with van der Waals surface area (Å²) in [4.78, 5) is 22.7. The normalized spacial score (nSPS) is 27.7. The minimum Gasteiger partial charge on any atom is -0.481 e.